The Labute approximate surface area is 90.0 Å². The maximum absolute atomic E-state index is 5.92. The van der Waals surface area contributed by atoms with E-state index in [9.17, 15) is 0 Å². The molecule has 0 aliphatic rings. The van der Waals surface area contributed by atoms with Gasteiger partial charge in [0.15, 0.2) is 0 Å². The van der Waals surface area contributed by atoms with Crippen molar-refractivity contribution in [2.24, 2.45) is 5.73 Å². The molecule has 78 valence electrons. The van der Waals surface area contributed by atoms with Gasteiger partial charge in [-0.2, -0.15) is 0 Å². The van der Waals surface area contributed by atoms with Crippen molar-refractivity contribution in [2.45, 2.75) is 12.3 Å². The Hall–Kier alpha value is -0.570. The number of methoxy groups -OCH3 is 1. The lowest BCUT2D eigenvalue weighted by atomic mass is 9.97. The monoisotopic (exact) mass is 213 g/mol. The molecule has 0 amide bonds. The normalized spacial score (nSPS) is 12.8. The fourth-order valence-electron chi connectivity index (χ4n) is 1.51. The Kier molecular flexibility index (Phi) is 4.94. The van der Waals surface area contributed by atoms with Gasteiger partial charge in [-0.25, -0.2) is 0 Å². The van der Waals surface area contributed by atoms with Gasteiger partial charge in [-0.05, 0) is 30.7 Å². The van der Waals surface area contributed by atoms with Crippen LogP contribution in [0.25, 0.3) is 0 Å². The van der Waals surface area contributed by atoms with E-state index in [2.05, 4.69) is 6.07 Å². The van der Waals surface area contributed by atoms with E-state index in [1.165, 1.54) is 5.56 Å². The second kappa shape index (κ2) is 6.02. The van der Waals surface area contributed by atoms with Crippen LogP contribution < -0.4 is 5.73 Å². The van der Waals surface area contributed by atoms with Crippen LogP contribution in [0.3, 0.4) is 0 Å². The third-order valence-electron chi connectivity index (χ3n) is 2.20. The molecule has 1 rings (SSSR count). The Morgan fingerprint density at radius 1 is 1.50 bits per heavy atom. The van der Waals surface area contributed by atoms with Gasteiger partial charge in [0, 0.05) is 18.1 Å². The van der Waals surface area contributed by atoms with Crippen LogP contribution in [0.5, 0.6) is 0 Å². The summed E-state index contributed by atoms with van der Waals surface area (Å²) < 4.78 is 5.15. The summed E-state index contributed by atoms with van der Waals surface area (Å²) in [5.74, 6) is 0.351. The Morgan fingerprint density at radius 3 is 2.86 bits per heavy atom. The van der Waals surface area contributed by atoms with Gasteiger partial charge in [-0.15, -0.1) is 0 Å². The lowest BCUT2D eigenvalue weighted by molar-refractivity contribution is 0.176. The summed E-state index contributed by atoms with van der Waals surface area (Å²) >= 11 is 5.92. The fourth-order valence-corrected chi connectivity index (χ4v) is 1.71. The predicted molar refractivity (Wildman–Crippen MR) is 59.7 cm³/mol. The molecule has 0 spiro atoms. The van der Waals surface area contributed by atoms with E-state index in [-0.39, 0.29) is 0 Å². The highest BCUT2D eigenvalue weighted by molar-refractivity contribution is 6.30. The third-order valence-corrected chi connectivity index (χ3v) is 2.44. The van der Waals surface area contributed by atoms with Gasteiger partial charge in [-0.3, -0.25) is 0 Å². The summed E-state index contributed by atoms with van der Waals surface area (Å²) in [6, 6.07) is 7.86. The fraction of sp³-hybridized carbons (Fsp3) is 0.455. The molecule has 14 heavy (non-hydrogen) atoms. The van der Waals surface area contributed by atoms with Gasteiger partial charge in [0.05, 0.1) is 6.61 Å². The highest BCUT2D eigenvalue weighted by Gasteiger charge is 2.10. The van der Waals surface area contributed by atoms with Crippen molar-refractivity contribution in [1.29, 1.82) is 0 Å². The number of benzene rings is 1. The second-order valence-electron chi connectivity index (χ2n) is 3.28. The van der Waals surface area contributed by atoms with Crippen LogP contribution in [0.15, 0.2) is 24.3 Å². The molecule has 0 radical (unpaired) electrons. The van der Waals surface area contributed by atoms with Crippen molar-refractivity contribution in [3.05, 3.63) is 34.9 Å². The van der Waals surface area contributed by atoms with Gasteiger partial charge in [0.25, 0.3) is 0 Å². The minimum Gasteiger partial charge on any atom is -0.384 e. The first-order chi connectivity index (χ1) is 6.77. The Morgan fingerprint density at radius 2 is 2.29 bits per heavy atom. The number of halogens is 1. The smallest absolute Gasteiger partial charge is 0.0531 e. The number of ether oxygens (including phenoxy) is 1. The molecular weight excluding hydrogens is 198 g/mol. The maximum atomic E-state index is 5.92. The van der Waals surface area contributed by atoms with Crippen molar-refractivity contribution in [2.75, 3.05) is 20.3 Å². The van der Waals surface area contributed by atoms with E-state index in [1.54, 1.807) is 7.11 Å². The molecule has 1 aromatic rings. The first kappa shape index (κ1) is 11.5. The topological polar surface area (TPSA) is 35.2 Å². The largest absolute Gasteiger partial charge is 0.384 e. The molecule has 0 aliphatic carbocycles. The SMILES string of the molecule is COCC(CCN)c1cccc(Cl)c1. The first-order valence-electron chi connectivity index (χ1n) is 4.72. The van der Waals surface area contributed by atoms with Crippen molar-refractivity contribution in [3.8, 4) is 0 Å². The highest BCUT2D eigenvalue weighted by Crippen LogP contribution is 2.22. The van der Waals surface area contributed by atoms with Crippen LogP contribution in [0.1, 0.15) is 17.9 Å². The van der Waals surface area contributed by atoms with Crippen LogP contribution in [0.2, 0.25) is 5.02 Å². The van der Waals surface area contributed by atoms with Crippen LogP contribution in [0.4, 0.5) is 0 Å². The average Bonchev–Trinajstić information content (AvgIpc) is 2.17. The van der Waals surface area contributed by atoms with E-state index in [0.29, 0.717) is 19.1 Å². The minimum absolute atomic E-state index is 0.351. The zero-order valence-corrected chi connectivity index (χ0v) is 9.13. The molecule has 0 aromatic heterocycles. The van der Waals surface area contributed by atoms with E-state index >= 15 is 0 Å². The molecule has 2 N–H and O–H groups in total. The summed E-state index contributed by atoms with van der Waals surface area (Å²) in [7, 11) is 1.70. The molecule has 3 heteroatoms. The predicted octanol–water partition coefficient (Wildman–Crippen LogP) is 2.42. The second-order valence-corrected chi connectivity index (χ2v) is 3.72. The van der Waals surface area contributed by atoms with Gasteiger partial charge >= 0.3 is 0 Å². The Bertz CT molecular complexity index is 272. The summed E-state index contributed by atoms with van der Waals surface area (Å²) in [5, 5.41) is 0.764. The lowest BCUT2D eigenvalue weighted by Crippen LogP contribution is -2.12. The molecule has 0 saturated heterocycles. The quantitative estimate of drug-likeness (QED) is 0.816. The van der Waals surface area contributed by atoms with Gasteiger partial charge < -0.3 is 10.5 Å². The van der Waals surface area contributed by atoms with Crippen molar-refractivity contribution in [1.82, 2.24) is 0 Å². The third kappa shape index (κ3) is 3.29. The zero-order chi connectivity index (χ0) is 10.4. The van der Waals surface area contributed by atoms with E-state index < -0.39 is 0 Å². The first-order valence-corrected chi connectivity index (χ1v) is 5.10. The summed E-state index contributed by atoms with van der Waals surface area (Å²) in [4.78, 5) is 0. The summed E-state index contributed by atoms with van der Waals surface area (Å²) in [6.07, 6.45) is 0.925. The van der Waals surface area contributed by atoms with Crippen LogP contribution >= 0.6 is 11.6 Å². The van der Waals surface area contributed by atoms with Crippen LogP contribution in [-0.2, 0) is 4.74 Å². The molecule has 1 atom stereocenters. The summed E-state index contributed by atoms with van der Waals surface area (Å²) in [5.41, 5.74) is 6.75. The molecule has 0 bridgehead atoms. The summed E-state index contributed by atoms with van der Waals surface area (Å²) in [6.45, 7) is 1.36. The molecule has 0 saturated carbocycles. The minimum atomic E-state index is 0.351. The number of hydrogen-bond donors (Lipinski definition) is 1. The van der Waals surface area contributed by atoms with E-state index in [1.807, 2.05) is 18.2 Å². The number of nitrogens with two attached hydrogens (primary N) is 1. The lowest BCUT2D eigenvalue weighted by Gasteiger charge is -2.15. The number of rotatable bonds is 5. The molecule has 2 nitrogen and oxygen atoms in total. The van der Waals surface area contributed by atoms with Gasteiger partial charge in [-0.1, -0.05) is 23.7 Å². The van der Waals surface area contributed by atoms with E-state index in [4.69, 9.17) is 22.1 Å². The average molecular weight is 214 g/mol. The molecule has 0 heterocycles. The zero-order valence-electron chi connectivity index (χ0n) is 8.37. The maximum Gasteiger partial charge on any atom is 0.0531 e. The van der Waals surface area contributed by atoms with Gasteiger partial charge in [0.1, 0.15) is 0 Å². The highest BCUT2D eigenvalue weighted by atomic mass is 35.5. The van der Waals surface area contributed by atoms with E-state index in [0.717, 1.165) is 11.4 Å². The number of hydrogen-bond acceptors (Lipinski definition) is 2. The van der Waals surface area contributed by atoms with Crippen LogP contribution in [0, 0.1) is 0 Å². The standard InChI is InChI=1S/C11H16ClNO/c1-14-8-10(5-6-13)9-3-2-4-11(12)7-9/h2-4,7,10H,5-6,8,13H2,1H3. The molecule has 0 fully saturated rings. The molecule has 1 unspecified atom stereocenters. The molecular formula is C11H16ClNO. The molecule has 1 aromatic carbocycles. The van der Waals surface area contributed by atoms with Crippen molar-refractivity contribution in [3.63, 3.8) is 0 Å². The van der Waals surface area contributed by atoms with Gasteiger partial charge in [0.2, 0.25) is 0 Å². The van der Waals surface area contributed by atoms with Crippen LogP contribution in [-0.4, -0.2) is 20.3 Å². The Balaban J connectivity index is 2.75. The van der Waals surface area contributed by atoms with Crippen molar-refractivity contribution >= 4 is 11.6 Å². The van der Waals surface area contributed by atoms with Crippen molar-refractivity contribution < 1.29 is 4.74 Å². The molecule has 0 aliphatic heterocycles.